The standard InChI is InChI=1S/C15H16N4O3S/c16-6-10-7-18-19-9-11(8-17-14(10)19)15(20)4-12-2-1-3-13(5-15)23(12,21)22/h7-9,12-13,20H,1-5H2. The van der Waals surface area contributed by atoms with Crippen molar-refractivity contribution in [1.29, 1.82) is 5.26 Å². The summed E-state index contributed by atoms with van der Waals surface area (Å²) in [5.74, 6) is 0. The number of hydrogen-bond acceptors (Lipinski definition) is 6. The van der Waals surface area contributed by atoms with Gasteiger partial charge < -0.3 is 5.11 Å². The molecule has 2 aromatic rings. The zero-order valence-electron chi connectivity index (χ0n) is 12.4. The van der Waals surface area contributed by atoms with Crippen LogP contribution < -0.4 is 0 Å². The smallest absolute Gasteiger partial charge is 0.172 e. The third kappa shape index (κ3) is 2.07. The van der Waals surface area contributed by atoms with Crippen LogP contribution in [-0.2, 0) is 15.4 Å². The molecule has 4 heterocycles. The molecule has 120 valence electrons. The van der Waals surface area contributed by atoms with Crippen LogP contribution in [0.2, 0.25) is 0 Å². The van der Waals surface area contributed by atoms with Gasteiger partial charge in [-0.2, -0.15) is 10.4 Å². The van der Waals surface area contributed by atoms with E-state index in [2.05, 4.69) is 10.1 Å². The number of rotatable bonds is 1. The summed E-state index contributed by atoms with van der Waals surface area (Å²) in [7, 11) is -3.13. The van der Waals surface area contributed by atoms with Gasteiger partial charge in [0.05, 0.1) is 22.3 Å². The fraction of sp³-hybridized carbons (Fsp3) is 0.533. The molecule has 2 unspecified atom stereocenters. The maximum Gasteiger partial charge on any atom is 0.172 e. The van der Waals surface area contributed by atoms with Gasteiger partial charge in [-0.3, -0.25) is 0 Å². The summed E-state index contributed by atoms with van der Waals surface area (Å²) in [4.78, 5) is 4.23. The number of sulfone groups is 1. The Kier molecular flexibility index (Phi) is 3.02. The molecule has 2 fully saturated rings. The van der Waals surface area contributed by atoms with Gasteiger partial charge in [-0.15, -0.1) is 0 Å². The van der Waals surface area contributed by atoms with E-state index in [4.69, 9.17) is 5.26 Å². The van der Waals surface area contributed by atoms with Crippen LogP contribution in [0.15, 0.2) is 18.6 Å². The lowest BCUT2D eigenvalue weighted by Gasteiger charge is -2.43. The van der Waals surface area contributed by atoms with Crippen LogP contribution in [0.4, 0.5) is 0 Å². The second-order valence-corrected chi connectivity index (χ2v) is 9.00. The van der Waals surface area contributed by atoms with Crippen LogP contribution in [0.5, 0.6) is 0 Å². The van der Waals surface area contributed by atoms with E-state index in [9.17, 15) is 13.5 Å². The van der Waals surface area contributed by atoms with Crippen molar-refractivity contribution in [2.24, 2.45) is 0 Å². The Labute approximate surface area is 133 Å². The van der Waals surface area contributed by atoms with Crippen molar-refractivity contribution in [3.8, 4) is 6.07 Å². The summed E-state index contributed by atoms with van der Waals surface area (Å²) >= 11 is 0. The van der Waals surface area contributed by atoms with Gasteiger partial charge in [-0.25, -0.2) is 17.9 Å². The summed E-state index contributed by atoms with van der Waals surface area (Å²) < 4.78 is 26.2. The predicted molar refractivity (Wildman–Crippen MR) is 81.2 cm³/mol. The molecule has 4 rings (SSSR count). The Morgan fingerprint density at radius 3 is 2.65 bits per heavy atom. The molecule has 2 aromatic heterocycles. The highest BCUT2D eigenvalue weighted by Crippen LogP contribution is 2.45. The van der Waals surface area contributed by atoms with Crippen LogP contribution >= 0.6 is 0 Å². The highest BCUT2D eigenvalue weighted by atomic mass is 32.2. The molecule has 8 heteroatoms. The SMILES string of the molecule is N#Cc1cnn2cc(C3(O)CC4CCCC(C3)S4(=O)=O)cnc12. The summed E-state index contributed by atoms with van der Waals surface area (Å²) in [6.45, 7) is 0. The molecule has 23 heavy (non-hydrogen) atoms. The Hall–Kier alpha value is -1.98. The number of aliphatic hydroxyl groups is 1. The van der Waals surface area contributed by atoms with E-state index >= 15 is 0 Å². The maximum atomic E-state index is 12.4. The van der Waals surface area contributed by atoms with Gasteiger partial charge in [-0.05, 0) is 25.7 Å². The third-order valence-corrected chi connectivity index (χ3v) is 7.79. The lowest BCUT2D eigenvalue weighted by atomic mass is 9.81. The summed E-state index contributed by atoms with van der Waals surface area (Å²) in [5, 5.41) is 23.2. The van der Waals surface area contributed by atoms with E-state index in [1.807, 2.05) is 6.07 Å². The topological polar surface area (TPSA) is 108 Å². The van der Waals surface area contributed by atoms with E-state index < -0.39 is 25.9 Å². The number of nitrogens with zero attached hydrogens (tertiary/aromatic N) is 4. The predicted octanol–water partition coefficient (Wildman–Crippen LogP) is 0.918. The molecule has 1 N–H and O–H groups in total. The first kappa shape index (κ1) is 14.6. The molecule has 2 aliphatic heterocycles. The average Bonchev–Trinajstić information content (AvgIpc) is 2.91. The van der Waals surface area contributed by atoms with Crippen molar-refractivity contribution in [2.45, 2.75) is 48.2 Å². The lowest BCUT2D eigenvalue weighted by Crippen LogP contribution is -2.50. The van der Waals surface area contributed by atoms with Crippen LogP contribution in [0.1, 0.15) is 43.2 Å². The molecule has 2 atom stereocenters. The molecule has 7 nitrogen and oxygen atoms in total. The fourth-order valence-corrected chi connectivity index (χ4v) is 6.43. The second-order valence-electron chi connectivity index (χ2n) is 6.48. The molecule has 2 saturated heterocycles. The molecule has 0 aliphatic carbocycles. The largest absolute Gasteiger partial charge is 0.385 e. The first-order valence-corrected chi connectivity index (χ1v) is 9.24. The second kappa shape index (κ2) is 4.76. The monoisotopic (exact) mass is 332 g/mol. The van der Waals surface area contributed by atoms with Gasteiger partial charge in [0.15, 0.2) is 15.5 Å². The van der Waals surface area contributed by atoms with E-state index in [1.165, 1.54) is 16.9 Å². The van der Waals surface area contributed by atoms with Gasteiger partial charge in [0.2, 0.25) is 0 Å². The first-order chi connectivity index (χ1) is 10.9. The fourth-order valence-electron chi connectivity index (χ4n) is 3.88. The van der Waals surface area contributed by atoms with E-state index in [1.54, 1.807) is 6.20 Å². The van der Waals surface area contributed by atoms with Crippen molar-refractivity contribution in [3.63, 3.8) is 0 Å². The highest BCUT2D eigenvalue weighted by molar-refractivity contribution is 7.92. The molecule has 0 saturated carbocycles. The van der Waals surface area contributed by atoms with Gasteiger partial charge in [-0.1, -0.05) is 6.42 Å². The molecule has 2 bridgehead atoms. The number of aromatic nitrogens is 3. The average molecular weight is 332 g/mol. The lowest BCUT2D eigenvalue weighted by molar-refractivity contribution is 0.00427. The number of fused-ring (bicyclic) bond motifs is 3. The van der Waals surface area contributed by atoms with Gasteiger partial charge in [0, 0.05) is 18.0 Å². The van der Waals surface area contributed by atoms with Crippen LogP contribution in [0, 0.1) is 11.3 Å². The molecule has 0 amide bonds. The Balaban J connectivity index is 1.77. The normalized spacial score (nSPS) is 32.5. The minimum absolute atomic E-state index is 0.200. The Morgan fingerprint density at radius 1 is 1.30 bits per heavy atom. The summed E-state index contributed by atoms with van der Waals surface area (Å²) in [6, 6.07) is 2.01. The van der Waals surface area contributed by atoms with E-state index in [0.717, 1.165) is 6.42 Å². The number of nitriles is 1. The van der Waals surface area contributed by atoms with Crippen molar-refractivity contribution >= 4 is 15.5 Å². The quantitative estimate of drug-likeness (QED) is 0.832. The number of hydrogen-bond donors (Lipinski definition) is 1. The molecule has 0 radical (unpaired) electrons. The van der Waals surface area contributed by atoms with Crippen molar-refractivity contribution in [3.05, 3.63) is 29.7 Å². The van der Waals surface area contributed by atoms with Crippen molar-refractivity contribution in [2.75, 3.05) is 0 Å². The van der Waals surface area contributed by atoms with Gasteiger partial charge >= 0.3 is 0 Å². The molecule has 0 spiro atoms. The van der Waals surface area contributed by atoms with Crippen LogP contribution in [0.3, 0.4) is 0 Å². The third-order valence-electron chi connectivity index (χ3n) is 5.13. The van der Waals surface area contributed by atoms with Crippen molar-refractivity contribution < 1.29 is 13.5 Å². The first-order valence-electron chi connectivity index (χ1n) is 7.63. The van der Waals surface area contributed by atoms with E-state index in [-0.39, 0.29) is 12.8 Å². The summed E-state index contributed by atoms with van der Waals surface area (Å²) in [6.07, 6.45) is 7.12. The highest BCUT2D eigenvalue weighted by Gasteiger charge is 2.51. The molecule has 0 aromatic carbocycles. The molecule has 2 aliphatic rings. The van der Waals surface area contributed by atoms with Gasteiger partial charge in [0.1, 0.15) is 11.6 Å². The zero-order chi connectivity index (χ0) is 16.2. The molecular formula is C15H16N4O3S. The maximum absolute atomic E-state index is 12.4. The molecular weight excluding hydrogens is 316 g/mol. The van der Waals surface area contributed by atoms with E-state index in [0.29, 0.717) is 29.6 Å². The van der Waals surface area contributed by atoms with Gasteiger partial charge in [0.25, 0.3) is 0 Å². The van der Waals surface area contributed by atoms with Crippen molar-refractivity contribution in [1.82, 2.24) is 14.6 Å². The van der Waals surface area contributed by atoms with Crippen LogP contribution in [0.25, 0.3) is 5.65 Å². The Bertz CT molecular complexity index is 908. The summed E-state index contributed by atoms with van der Waals surface area (Å²) in [5.41, 5.74) is 0.153. The minimum atomic E-state index is -3.13. The van der Waals surface area contributed by atoms with Crippen LogP contribution in [-0.4, -0.2) is 38.6 Å². The Morgan fingerprint density at radius 2 is 2.00 bits per heavy atom. The minimum Gasteiger partial charge on any atom is -0.385 e. The zero-order valence-corrected chi connectivity index (χ0v) is 13.2.